The summed E-state index contributed by atoms with van der Waals surface area (Å²) < 4.78 is 5.29. The minimum absolute atomic E-state index is 0.278. The van der Waals surface area contributed by atoms with Crippen LogP contribution in [0.4, 0.5) is 11.9 Å². The molecule has 1 rings (SSSR count). The van der Waals surface area contributed by atoms with E-state index >= 15 is 0 Å². The maximum Gasteiger partial charge on any atom is 0.323 e. The van der Waals surface area contributed by atoms with Crippen LogP contribution in [0.15, 0.2) is 0 Å². The summed E-state index contributed by atoms with van der Waals surface area (Å²) in [5, 5.41) is 0. The van der Waals surface area contributed by atoms with Crippen molar-refractivity contribution in [3.63, 3.8) is 0 Å². The van der Waals surface area contributed by atoms with Gasteiger partial charge in [0.2, 0.25) is 11.9 Å². The van der Waals surface area contributed by atoms with Crippen molar-refractivity contribution in [1.82, 2.24) is 19.9 Å². The van der Waals surface area contributed by atoms with Crippen LogP contribution in [-0.4, -0.2) is 60.7 Å². The van der Waals surface area contributed by atoms with Gasteiger partial charge in [0.15, 0.2) is 0 Å². The van der Waals surface area contributed by atoms with Crippen molar-refractivity contribution in [2.75, 3.05) is 51.2 Å². The Morgan fingerprint density at radius 1 is 1.16 bits per heavy atom. The molecule has 1 aromatic rings. The van der Waals surface area contributed by atoms with Gasteiger partial charge in [0.1, 0.15) is 0 Å². The van der Waals surface area contributed by atoms with E-state index < -0.39 is 0 Å². The maximum absolute atomic E-state index is 5.34. The molecule has 1 heterocycles. The van der Waals surface area contributed by atoms with E-state index in [1.165, 1.54) is 0 Å². The van der Waals surface area contributed by atoms with Crippen LogP contribution >= 0.6 is 0 Å². The van der Waals surface area contributed by atoms with Crippen LogP contribution in [-0.2, 0) is 0 Å². The SMILES string of the molecule is CCOc1nc(NN)nc(N(C)CCCN(C)C)n1. The number of hydrogen-bond donors (Lipinski definition) is 2. The molecule has 8 nitrogen and oxygen atoms in total. The number of nitrogens with two attached hydrogens (primary N) is 1. The molecule has 0 saturated carbocycles. The predicted octanol–water partition coefficient (Wildman–Crippen LogP) is -0.0562. The standard InChI is InChI=1S/C11H23N7O/c1-5-19-11-14-9(16-12)13-10(15-11)18(4)8-6-7-17(2)3/h5-8,12H2,1-4H3,(H,13,14,15,16). The van der Waals surface area contributed by atoms with Crippen molar-refractivity contribution in [1.29, 1.82) is 0 Å². The molecule has 3 N–H and O–H groups in total. The number of anilines is 2. The van der Waals surface area contributed by atoms with Crippen LogP contribution in [0.25, 0.3) is 0 Å². The summed E-state index contributed by atoms with van der Waals surface area (Å²) in [4.78, 5) is 16.6. The minimum Gasteiger partial charge on any atom is -0.464 e. The molecule has 0 fully saturated rings. The zero-order valence-corrected chi connectivity index (χ0v) is 12.1. The van der Waals surface area contributed by atoms with E-state index in [2.05, 4.69) is 25.3 Å². The summed E-state index contributed by atoms with van der Waals surface area (Å²) in [5.41, 5.74) is 2.42. The zero-order valence-electron chi connectivity index (χ0n) is 12.1. The number of rotatable bonds is 8. The molecule has 0 spiro atoms. The van der Waals surface area contributed by atoms with Gasteiger partial charge in [0, 0.05) is 13.6 Å². The van der Waals surface area contributed by atoms with Gasteiger partial charge in [0.25, 0.3) is 0 Å². The van der Waals surface area contributed by atoms with E-state index in [9.17, 15) is 0 Å². The lowest BCUT2D eigenvalue weighted by molar-refractivity contribution is 0.312. The van der Waals surface area contributed by atoms with E-state index in [4.69, 9.17) is 10.6 Å². The minimum atomic E-state index is 0.278. The summed E-state index contributed by atoms with van der Waals surface area (Å²) in [6.45, 7) is 4.23. The number of ether oxygens (including phenoxy) is 1. The van der Waals surface area contributed by atoms with E-state index in [1.807, 2.05) is 33.0 Å². The van der Waals surface area contributed by atoms with E-state index in [1.54, 1.807) is 0 Å². The maximum atomic E-state index is 5.34. The van der Waals surface area contributed by atoms with Gasteiger partial charge >= 0.3 is 6.01 Å². The van der Waals surface area contributed by atoms with E-state index in [-0.39, 0.29) is 6.01 Å². The van der Waals surface area contributed by atoms with Gasteiger partial charge in [-0.1, -0.05) is 0 Å². The zero-order chi connectivity index (χ0) is 14.3. The Morgan fingerprint density at radius 3 is 2.47 bits per heavy atom. The molecule has 0 aliphatic rings. The molecule has 108 valence electrons. The largest absolute Gasteiger partial charge is 0.464 e. The first-order chi connectivity index (χ1) is 9.06. The Labute approximate surface area is 114 Å². The fraction of sp³-hybridized carbons (Fsp3) is 0.727. The predicted molar refractivity (Wildman–Crippen MR) is 75.2 cm³/mol. The molecule has 0 radical (unpaired) electrons. The molecule has 0 atom stereocenters. The monoisotopic (exact) mass is 269 g/mol. The first-order valence-corrected chi connectivity index (χ1v) is 6.28. The lowest BCUT2D eigenvalue weighted by Crippen LogP contribution is -2.26. The molecular weight excluding hydrogens is 246 g/mol. The van der Waals surface area contributed by atoms with Crippen molar-refractivity contribution in [3.05, 3.63) is 0 Å². The molecule has 1 aromatic heterocycles. The molecule has 0 amide bonds. The summed E-state index contributed by atoms with van der Waals surface area (Å²) in [6, 6.07) is 0.278. The van der Waals surface area contributed by atoms with Gasteiger partial charge in [-0.25, -0.2) is 5.84 Å². The highest BCUT2D eigenvalue weighted by molar-refractivity contribution is 5.36. The number of aromatic nitrogens is 3. The Hall–Kier alpha value is -1.67. The second kappa shape index (κ2) is 7.70. The van der Waals surface area contributed by atoms with Gasteiger partial charge in [-0.2, -0.15) is 15.0 Å². The number of nitrogens with one attached hydrogen (secondary N) is 1. The number of hydrogen-bond acceptors (Lipinski definition) is 8. The van der Waals surface area contributed by atoms with Crippen LogP contribution in [0.2, 0.25) is 0 Å². The summed E-state index contributed by atoms with van der Waals surface area (Å²) in [7, 11) is 6.03. The van der Waals surface area contributed by atoms with Crippen molar-refractivity contribution in [3.8, 4) is 6.01 Å². The van der Waals surface area contributed by atoms with Crippen molar-refractivity contribution in [2.24, 2.45) is 5.84 Å². The van der Waals surface area contributed by atoms with Crippen molar-refractivity contribution < 1.29 is 4.74 Å². The highest BCUT2D eigenvalue weighted by Crippen LogP contribution is 2.13. The van der Waals surface area contributed by atoms with Gasteiger partial charge < -0.3 is 14.5 Å². The van der Waals surface area contributed by atoms with Crippen LogP contribution in [0.1, 0.15) is 13.3 Å². The first-order valence-electron chi connectivity index (χ1n) is 6.28. The Kier molecular flexibility index (Phi) is 6.23. The Balaban J connectivity index is 2.71. The summed E-state index contributed by atoms with van der Waals surface area (Å²) in [5.74, 6) is 6.19. The molecule has 0 aromatic carbocycles. The van der Waals surface area contributed by atoms with E-state index in [0.717, 1.165) is 19.5 Å². The molecule has 0 unspecified atom stereocenters. The Bertz CT molecular complexity index is 385. The second-order valence-electron chi connectivity index (χ2n) is 4.40. The van der Waals surface area contributed by atoms with Crippen LogP contribution < -0.4 is 20.9 Å². The molecule has 0 aliphatic heterocycles. The third kappa shape index (κ3) is 5.23. The molecule has 0 aliphatic carbocycles. The van der Waals surface area contributed by atoms with Gasteiger partial charge in [-0.05, 0) is 34.0 Å². The quantitative estimate of drug-likeness (QED) is 0.501. The third-order valence-corrected chi connectivity index (χ3v) is 2.45. The molecular formula is C11H23N7O. The van der Waals surface area contributed by atoms with Gasteiger partial charge in [-0.15, -0.1) is 0 Å². The lowest BCUT2D eigenvalue weighted by Gasteiger charge is -2.19. The average Bonchev–Trinajstić information content (AvgIpc) is 2.38. The number of nitrogens with zero attached hydrogens (tertiary/aromatic N) is 5. The van der Waals surface area contributed by atoms with Gasteiger partial charge in [-0.3, -0.25) is 5.43 Å². The molecule has 0 saturated heterocycles. The second-order valence-corrected chi connectivity index (χ2v) is 4.40. The fourth-order valence-electron chi connectivity index (χ4n) is 1.50. The normalized spacial score (nSPS) is 10.6. The van der Waals surface area contributed by atoms with Crippen molar-refractivity contribution >= 4 is 11.9 Å². The lowest BCUT2D eigenvalue weighted by atomic mass is 10.4. The fourth-order valence-corrected chi connectivity index (χ4v) is 1.50. The Morgan fingerprint density at radius 2 is 1.89 bits per heavy atom. The molecule has 19 heavy (non-hydrogen) atoms. The molecule has 0 bridgehead atoms. The number of hydrazine groups is 1. The van der Waals surface area contributed by atoms with Crippen LogP contribution in [0.3, 0.4) is 0 Å². The van der Waals surface area contributed by atoms with Gasteiger partial charge in [0.05, 0.1) is 6.61 Å². The summed E-state index contributed by atoms with van der Waals surface area (Å²) in [6.07, 6.45) is 1.02. The smallest absolute Gasteiger partial charge is 0.323 e. The van der Waals surface area contributed by atoms with Crippen LogP contribution in [0, 0.1) is 0 Å². The average molecular weight is 269 g/mol. The topological polar surface area (TPSA) is 92.4 Å². The number of nitrogen functional groups attached to an aromatic ring is 1. The highest BCUT2D eigenvalue weighted by Gasteiger charge is 2.10. The van der Waals surface area contributed by atoms with Crippen molar-refractivity contribution in [2.45, 2.75) is 13.3 Å². The van der Waals surface area contributed by atoms with E-state index in [0.29, 0.717) is 18.5 Å². The highest BCUT2D eigenvalue weighted by atomic mass is 16.5. The summed E-state index contributed by atoms with van der Waals surface area (Å²) >= 11 is 0. The first kappa shape index (κ1) is 15.4. The van der Waals surface area contributed by atoms with Crippen LogP contribution in [0.5, 0.6) is 6.01 Å². The third-order valence-electron chi connectivity index (χ3n) is 2.45. The molecule has 8 heteroatoms.